The van der Waals surface area contributed by atoms with E-state index in [1.807, 2.05) is 0 Å². The molecule has 2 saturated heterocycles. The lowest BCUT2D eigenvalue weighted by Crippen LogP contribution is -2.45. The minimum Gasteiger partial charge on any atom is -0.459 e. The van der Waals surface area contributed by atoms with Gasteiger partial charge in [0, 0.05) is 18.8 Å². The van der Waals surface area contributed by atoms with Gasteiger partial charge in [-0.2, -0.15) is 0 Å². The summed E-state index contributed by atoms with van der Waals surface area (Å²) in [5.41, 5.74) is 0. The van der Waals surface area contributed by atoms with E-state index in [9.17, 15) is 4.79 Å². The van der Waals surface area contributed by atoms with E-state index in [0.29, 0.717) is 29.8 Å². The van der Waals surface area contributed by atoms with E-state index in [-0.39, 0.29) is 18.2 Å². The van der Waals surface area contributed by atoms with Crippen molar-refractivity contribution in [2.75, 3.05) is 0 Å². The molecule has 0 aromatic rings. The predicted octanol–water partition coefficient (Wildman–Crippen LogP) is 1.77. The van der Waals surface area contributed by atoms with Crippen LogP contribution in [-0.2, 0) is 14.3 Å². The minimum absolute atomic E-state index is 0.00787. The standard InChI is InChI=1S/C14H18O3/c1-6-12-10-8-3-4-9(5-8)11(10)14(17-12)13(6)16-7(2)15/h3-4,6,8-14H,5H2,1-2H3. The van der Waals surface area contributed by atoms with Gasteiger partial charge in [0.2, 0.25) is 0 Å². The van der Waals surface area contributed by atoms with Crippen molar-refractivity contribution in [3.8, 4) is 0 Å². The van der Waals surface area contributed by atoms with Crippen molar-refractivity contribution >= 4 is 5.97 Å². The maximum atomic E-state index is 11.2. The zero-order valence-corrected chi connectivity index (χ0v) is 10.2. The molecule has 3 fully saturated rings. The highest BCUT2D eigenvalue weighted by Crippen LogP contribution is 2.61. The fourth-order valence-corrected chi connectivity index (χ4v) is 4.81. The van der Waals surface area contributed by atoms with Crippen LogP contribution in [0.3, 0.4) is 0 Å². The summed E-state index contributed by atoms with van der Waals surface area (Å²) in [6.45, 7) is 3.67. The van der Waals surface area contributed by atoms with Crippen molar-refractivity contribution < 1.29 is 14.3 Å². The molecule has 0 spiro atoms. The maximum Gasteiger partial charge on any atom is 0.303 e. The van der Waals surface area contributed by atoms with E-state index in [1.54, 1.807) is 0 Å². The first-order valence-electron chi connectivity index (χ1n) is 6.68. The van der Waals surface area contributed by atoms with Gasteiger partial charge in [0.15, 0.2) is 0 Å². The summed E-state index contributed by atoms with van der Waals surface area (Å²) < 4.78 is 11.6. The second-order valence-corrected chi connectivity index (χ2v) is 6.10. The largest absolute Gasteiger partial charge is 0.459 e. The zero-order valence-electron chi connectivity index (χ0n) is 10.2. The molecule has 2 aliphatic heterocycles. The molecule has 2 heterocycles. The molecule has 0 aromatic heterocycles. The molecule has 0 radical (unpaired) electrons. The second kappa shape index (κ2) is 3.14. The molecule has 17 heavy (non-hydrogen) atoms. The third-order valence-corrected chi connectivity index (χ3v) is 5.32. The molecule has 4 rings (SSSR count). The number of allylic oxidation sites excluding steroid dienone is 2. The molecule has 1 saturated carbocycles. The zero-order chi connectivity index (χ0) is 11.7. The van der Waals surface area contributed by atoms with Crippen LogP contribution in [0.5, 0.6) is 0 Å². The van der Waals surface area contributed by atoms with E-state index in [2.05, 4.69) is 19.1 Å². The molecule has 3 nitrogen and oxygen atoms in total. The Balaban J connectivity index is 1.65. The Labute approximate surface area is 101 Å². The molecular formula is C14H18O3. The van der Waals surface area contributed by atoms with Gasteiger partial charge in [0.25, 0.3) is 0 Å². The summed E-state index contributed by atoms with van der Waals surface area (Å²) in [6, 6.07) is 0. The summed E-state index contributed by atoms with van der Waals surface area (Å²) >= 11 is 0. The molecule has 4 aliphatic rings. The van der Waals surface area contributed by atoms with Gasteiger partial charge >= 0.3 is 5.97 Å². The highest BCUT2D eigenvalue weighted by atomic mass is 16.6. The van der Waals surface area contributed by atoms with Crippen molar-refractivity contribution in [2.45, 2.75) is 38.6 Å². The van der Waals surface area contributed by atoms with E-state index in [4.69, 9.17) is 9.47 Å². The average Bonchev–Trinajstić information content (AvgIpc) is 2.97. The molecule has 0 aromatic carbocycles. The lowest BCUT2D eigenvalue weighted by molar-refractivity contribution is -0.152. The number of esters is 1. The Morgan fingerprint density at radius 2 is 1.88 bits per heavy atom. The van der Waals surface area contributed by atoms with Crippen LogP contribution in [0.15, 0.2) is 12.2 Å². The van der Waals surface area contributed by atoms with Gasteiger partial charge in [-0.05, 0) is 24.2 Å². The van der Waals surface area contributed by atoms with Crippen molar-refractivity contribution in [1.82, 2.24) is 0 Å². The summed E-state index contributed by atoms with van der Waals surface area (Å²) in [4.78, 5) is 11.2. The number of hydrogen-bond donors (Lipinski definition) is 0. The third-order valence-electron chi connectivity index (χ3n) is 5.32. The molecule has 8 unspecified atom stereocenters. The van der Waals surface area contributed by atoms with E-state index in [0.717, 1.165) is 5.92 Å². The lowest BCUT2D eigenvalue weighted by Gasteiger charge is -2.36. The van der Waals surface area contributed by atoms with Gasteiger partial charge in [-0.3, -0.25) is 4.79 Å². The van der Waals surface area contributed by atoms with Gasteiger partial charge in [-0.25, -0.2) is 0 Å². The van der Waals surface area contributed by atoms with Crippen LogP contribution in [0.1, 0.15) is 20.3 Å². The van der Waals surface area contributed by atoms with Gasteiger partial charge < -0.3 is 9.47 Å². The summed E-state index contributed by atoms with van der Waals surface area (Å²) in [7, 11) is 0. The van der Waals surface area contributed by atoms with Crippen molar-refractivity contribution in [1.29, 1.82) is 0 Å². The van der Waals surface area contributed by atoms with Gasteiger partial charge in [0.1, 0.15) is 6.10 Å². The maximum absolute atomic E-state index is 11.2. The summed E-state index contributed by atoms with van der Waals surface area (Å²) in [5.74, 6) is 2.88. The van der Waals surface area contributed by atoms with Crippen molar-refractivity contribution in [2.24, 2.45) is 29.6 Å². The summed E-state index contributed by atoms with van der Waals surface area (Å²) in [6.07, 6.45) is 6.49. The van der Waals surface area contributed by atoms with Crippen molar-refractivity contribution in [3.63, 3.8) is 0 Å². The second-order valence-electron chi connectivity index (χ2n) is 6.10. The lowest BCUT2D eigenvalue weighted by atomic mass is 9.68. The third kappa shape index (κ3) is 1.13. The SMILES string of the molecule is CC(=O)OC1C(C)C2OC1C1C3C=CC(C3)C21. The first kappa shape index (κ1) is 10.1. The quantitative estimate of drug-likeness (QED) is 0.512. The van der Waals surface area contributed by atoms with Crippen LogP contribution in [0.25, 0.3) is 0 Å². The van der Waals surface area contributed by atoms with Crippen LogP contribution in [0, 0.1) is 29.6 Å². The first-order chi connectivity index (χ1) is 8.16. The topological polar surface area (TPSA) is 35.5 Å². The molecular weight excluding hydrogens is 216 g/mol. The highest BCUT2D eigenvalue weighted by molar-refractivity contribution is 5.66. The van der Waals surface area contributed by atoms with Crippen LogP contribution in [-0.4, -0.2) is 24.3 Å². The Hall–Kier alpha value is -0.830. The Kier molecular flexibility index (Phi) is 1.87. The molecule has 4 bridgehead atoms. The minimum atomic E-state index is -0.173. The number of fused-ring (bicyclic) bond motifs is 9. The van der Waals surface area contributed by atoms with Crippen LogP contribution >= 0.6 is 0 Å². The normalized spacial score (nSPS) is 57.5. The fraction of sp³-hybridized carbons (Fsp3) is 0.786. The Morgan fingerprint density at radius 3 is 2.53 bits per heavy atom. The number of rotatable bonds is 1. The van der Waals surface area contributed by atoms with E-state index in [1.165, 1.54) is 13.3 Å². The molecule has 92 valence electrons. The van der Waals surface area contributed by atoms with Crippen LogP contribution in [0.2, 0.25) is 0 Å². The van der Waals surface area contributed by atoms with Gasteiger partial charge in [-0.15, -0.1) is 0 Å². The molecule has 8 atom stereocenters. The average molecular weight is 234 g/mol. The predicted molar refractivity (Wildman–Crippen MR) is 61.1 cm³/mol. The number of carbonyl (C=O) groups is 1. The van der Waals surface area contributed by atoms with Crippen molar-refractivity contribution in [3.05, 3.63) is 12.2 Å². The van der Waals surface area contributed by atoms with Gasteiger partial charge in [0.05, 0.1) is 12.2 Å². The fourth-order valence-electron chi connectivity index (χ4n) is 4.81. The van der Waals surface area contributed by atoms with E-state index < -0.39 is 0 Å². The van der Waals surface area contributed by atoms with E-state index >= 15 is 0 Å². The Bertz CT molecular complexity index is 402. The Morgan fingerprint density at radius 1 is 1.24 bits per heavy atom. The number of hydrogen-bond acceptors (Lipinski definition) is 3. The van der Waals surface area contributed by atoms with Gasteiger partial charge in [-0.1, -0.05) is 19.1 Å². The molecule has 3 heteroatoms. The monoisotopic (exact) mass is 234 g/mol. The first-order valence-corrected chi connectivity index (χ1v) is 6.68. The number of ether oxygens (including phenoxy) is 2. The van der Waals surface area contributed by atoms with Crippen LogP contribution in [0.4, 0.5) is 0 Å². The summed E-state index contributed by atoms with van der Waals surface area (Å²) in [5, 5.41) is 0. The highest BCUT2D eigenvalue weighted by Gasteiger charge is 2.66. The molecule has 2 aliphatic carbocycles. The molecule has 0 amide bonds. The molecule has 0 N–H and O–H groups in total. The van der Waals surface area contributed by atoms with Crippen LogP contribution < -0.4 is 0 Å². The number of carbonyl (C=O) groups excluding carboxylic acids is 1. The smallest absolute Gasteiger partial charge is 0.303 e.